The van der Waals surface area contributed by atoms with Crippen LogP contribution in [0.5, 0.6) is 0 Å². The van der Waals surface area contributed by atoms with Gasteiger partial charge in [-0.15, -0.1) is 0 Å². The van der Waals surface area contributed by atoms with Gasteiger partial charge < -0.3 is 5.73 Å². The summed E-state index contributed by atoms with van der Waals surface area (Å²) in [7, 11) is 0. The number of hydrogen-bond acceptors (Lipinski definition) is 3. The zero-order valence-corrected chi connectivity index (χ0v) is 9.53. The number of rotatable bonds is 4. The van der Waals surface area contributed by atoms with Crippen molar-refractivity contribution in [1.29, 1.82) is 0 Å². The SMILES string of the molecule is NCCCN1NC(c2ccccc2F)CC1=O. The third kappa shape index (κ3) is 2.62. The molecule has 1 aliphatic rings. The molecule has 17 heavy (non-hydrogen) atoms. The predicted octanol–water partition coefficient (Wildman–Crippen LogP) is 0.952. The van der Waals surface area contributed by atoms with Gasteiger partial charge >= 0.3 is 0 Å². The molecule has 0 aliphatic carbocycles. The molecule has 0 bridgehead atoms. The Kier molecular flexibility index (Phi) is 3.71. The number of nitrogens with one attached hydrogen (secondary N) is 1. The lowest BCUT2D eigenvalue weighted by Gasteiger charge is -2.17. The molecule has 1 aromatic rings. The van der Waals surface area contributed by atoms with Crippen LogP contribution in [0.2, 0.25) is 0 Å². The molecule has 92 valence electrons. The average molecular weight is 237 g/mol. The number of carbonyl (C=O) groups is 1. The molecule has 1 saturated heterocycles. The molecule has 1 atom stereocenters. The topological polar surface area (TPSA) is 58.4 Å². The maximum Gasteiger partial charge on any atom is 0.238 e. The lowest BCUT2D eigenvalue weighted by molar-refractivity contribution is -0.129. The summed E-state index contributed by atoms with van der Waals surface area (Å²) in [6, 6.07) is 6.26. The Morgan fingerprint density at radius 2 is 2.24 bits per heavy atom. The van der Waals surface area contributed by atoms with Crippen molar-refractivity contribution in [3.05, 3.63) is 35.6 Å². The summed E-state index contributed by atoms with van der Waals surface area (Å²) < 4.78 is 13.6. The first-order valence-corrected chi connectivity index (χ1v) is 5.73. The number of amides is 1. The monoisotopic (exact) mass is 237 g/mol. The standard InChI is InChI=1S/C12H16FN3O/c13-10-5-2-1-4-9(10)11-8-12(17)16(15-11)7-3-6-14/h1-2,4-5,11,15H,3,6-8,14H2. The van der Waals surface area contributed by atoms with E-state index in [9.17, 15) is 9.18 Å². The summed E-state index contributed by atoms with van der Waals surface area (Å²) in [4.78, 5) is 11.7. The van der Waals surface area contributed by atoms with Crippen LogP contribution in [0.4, 0.5) is 4.39 Å². The third-order valence-electron chi connectivity index (χ3n) is 2.86. The van der Waals surface area contributed by atoms with Crippen molar-refractivity contribution in [1.82, 2.24) is 10.4 Å². The summed E-state index contributed by atoms with van der Waals surface area (Å²) in [5, 5.41) is 1.53. The summed E-state index contributed by atoms with van der Waals surface area (Å²) in [5.74, 6) is -0.287. The fraction of sp³-hybridized carbons (Fsp3) is 0.417. The number of hydrogen-bond donors (Lipinski definition) is 2. The van der Waals surface area contributed by atoms with Gasteiger partial charge in [0.25, 0.3) is 0 Å². The summed E-state index contributed by atoms with van der Waals surface area (Å²) >= 11 is 0. The zero-order valence-electron chi connectivity index (χ0n) is 9.53. The molecule has 1 aliphatic heterocycles. The normalized spacial score (nSPS) is 20.0. The van der Waals surface area contributed by atoms with Crippen molar-refractivity contribution < 1.29 is 9.18 Å². The second kappa shape index (κ2) is 5.25. The molecule has 1 fully saturated rings. The Bertz CT molecular complexity index is 410. The Morgan fingerprint density at radius 1 is 1.47 bits per heavy atom. The van der Waals surface area contributed by atoms with Crippen LogP contribution in [0.1, 0.15) is 24.4 Å². The van der Waals surface area contributed by atoms with Crippen LogP contribution < -0.4 is 11.2 Å². The maximum absolute atomic E-state index is 13.6. The van der Waals surface area contributed by atoms with Crippen molar-refractivity contribution >= 4 is 5.91 Å². The van der Waals surface area contributed by atoms with E-state index in [4.69, 9.17) is 5.73 Å². The smallest absolute Gasteiger partial charge is 0.238 e. The highest BCUT2D eigenvalue weighted by Crippen LogP contribution is 2.25. The first-order chi connectivity index (χ1) is 8.22. The fourth-order valence-corrected chi connectivity index (χ4v) is 1.97. The lowest BCUT2D eigenvalue weighted by Crippen LogP contribution is -2.36. The molecule has 0 saturated carbocycles. The second-order valence-corrected chi connectivity index (χ2v) is 4.09. The van der Waals surface area contributed by atoms with Crippen LogP contribution in [-0.4, -0.2) is 24.0 Å². The predicted molar refractivity (Wildman–Crippen MR) is 62.3 cm³/mol. The molecule has 5 heteroatoms. The number of hydrazine groups is 1. The van der Waals surface area contributed by atoms with Crippen LogP contribution in [-0.2, 0) is 4.79 Å². The van der Waals surface area contributed by atoms with Gasteiger partial charge in [-0.25, -0.2) is 9.82 Å². The molecular weight excluding hydrogens is 221 g/mol. The van der Waals surface area contributed by atoms with E-state index in [2.05, 4.69) is 5.43 Å². The van der Waals surface area contributed by atoms with Gasteiger partial charge in [0.15, 0.2) is 0 Å². The Labute approximate surface area is 99.6 Å². The maximum atomic E-state index is 13.6. The third-order valence-corrected chi connectivity index (χ3v) is 2.86. The molecule has 0 radical (unpaired) electrons. The molecule has 1 unspecified atom stereocenters. The van der Waals surface area contributed by atoms with Crippen molar-refractivity contribution in [2.24, 2.45) is 5.73 Å². The van der Waals surface area contributed by atoms with Crippen molar-refractivity contribution in [2.75, 3.05) is 13.1 Å². The largest absolute Gasteiger partial charge is 0.330 e. The van der Waals surface area contributed by atoms with Gasteiger partial charge in [0.1, 0.15) is 5.82 Å². The van der Waals surface area contributed by atoms with Gasteiger partial charge in [0, 0.05) is 18.5 Å². The van der Waals surface area contributed by atoms with Gasteiger partial charge in [-0.05, 0) is 19.0 Å². The highest BCUT2D eigenvalue weighted by Gasteiger charge is 2.30. The minimum Gasteiger partial charge on any atom is -0.330 e. The fourth-order valence-electron chi connectivity index (χ4n) is 1.97. The lowest BCUT2D eigenvalue weighted by atomic mass is 10.1. The first kappa shape index (κ1) is 12.0. The number of halogens is 1. The van der Waals surface area contributed by atoms with Crippen LogP contribution in [0, 0.1) is 5.82 Å². The summed E-state index contributed by atoms with van der Waals surface area (Å²) in [5.41, 5.74) is 8.96. The molecule has 1 aromatic carbocycles. The van der Waals surface area contributed by atoms with Crippen molar-refractivity contribution in [3.63, 3.8) is 0 Å². The van der Waals surface area contributed by atoms with Gasteiger partial charge in [-0.2, -0.15) is 0 Å². The Morgan fingerprint density at radius 3 is 2.94 bits per heavy atom. The quantitative estimate of drug-likeness (QED) is 0.819. The number of benzene rings is 1. The van der Waals surface area contributed by atoms with E-state index in [0.29, 0.717) is 25.1 Å². The second-order valence-electron chi connectivity index (χ2n) is 4.09. The van der Waals surface area contributed by atoms with Crippen LogP contribution in [0.15, 0.2) is 24.3 Å². The van der Waals surface area contributed by atoms with E-state index in [1.807, 2.05) is 0 Å². The first-order valence-electron chi connectivity index (χ1n) is 5.73. The molecule has 4 nitrogen and oxygen atoms in total. The molecule has 2 rings (SSSR count). The van der Waals surface area contributed by atoms with E-state index in [-0.39, 0.29) is 17.8 Å². The minimum atomic E-state index is -0.279. The van der Waals surface area contributed by atoms with Crippen LogP contribution in [0.25, 0.3) is 0 Å². The van der Waals surface area contributed by atoms with E-state index >= 15 is 0 Å². The average Bonchev–Trinajstić information content (AvgIpc) is 2.68. The Balaban J connectivity index is 2.06. The van der Waals surface area contributed by atoms with E-state index < -0.39 is 0 Å². The van der Waals surface area contributed by atoms with Gasteiger partial charge in [0.2, 0.25) is 5.91 Å². The number of carbonyl (C=O) groups excluding carboxylic acids is 1. The van der Waals surface area contributed by atoms with Crippen LogP contribution in [0.3, 0.4) is 0 Å². The van der Waals surface area contributed by atoms with Crippen molar-refractivity contribution in [3.8, 4) is 0 Å². The van der Waals surface area contributed by atoms with E-state index in [1.54, 1.807) is 18.2 Å². The van der Waals surface area contributed by atoms with Gasteiger partial charge in [-0.3, -0.25) is 9.80 Å². The van der Waals surface area contributed by atoms with E-state index in [0.717, 1.165) is 6.42 Å². The van der Waals surface area contributed by atoms with Crippen molar-refractivity contribution in [2.45, 2.75) is 18.9 Å². The molecule has 0 aromatic heterocycles. The summed E-state index contributed by atoms with van der Waals surface area (Å²) in [6.45, 7) is 1.11. The highest BCUT2D eigenvalue weighted by atomic mass is 19.1. The molecular formula is C12H16FN3O. The zero-order chi connectivity index (χ0) is 12.3. The molecule has 1 amide bonds. The Hall–Kier alpha value is -1.46. The molecule has 3 N–H and O–H groups in total. The highest BCUT2D eigenvalue weighted by molar-refractivity contribution is 5.78. The van der Waals surface area contributed by atoms with E-state index in [1.165, 1.54) is 11.1 Å². The number of nitrogens with two attached hydrogens (primary N) is 1. The number of nitrogens with zero attached hydrogens (tertiary/aromatic N) is 1. The summed E-state index contributed by atoms with van der Waals surface area (Å²) in [6.07, 6.45) is 1.04. The molecule has 0 spiro atoms. The van der Waals surface area contributed by atoms with Crippen LogP contribution >= 0.6 is 0 Å². The minimum absolute atomic E-state index is 0.00768. The van der Waals surface area contributed by atoms with Gasteiger partial charge in [0.05, 0.1) is 6.04 Å². The van der Waals surface area contributed by atoms with Gasteiger partial charge in [-0.1, -0.05) is 18.2 Å². The molecule has 1 heterocycles.